The first-order valence-electron chi connectivity index (χ1n) is 5.18. The molecular formula is C12H15NO3. The lowest BCUT2D eigenvalue weighted by Gasteiger charge is -2.39. The highest BCUT2D eigenvalue weighted by Crippen LogP contribution is 2.31. The van der Waals surface area contributed by atoms with Crippen LogP contribution in [0.3, 0.4) is 0 Å². The van der Waals surface area contributed by atoms with E-state index in [-0.39, 0.29) is 6.61 Å². The Morgan fingerprint density at radius 1 is 1.44 bits per heavy atom. The number of hydrogen-bond donors (Lipinski definition) is 1. The molecule has 1 atom stereocenters. The number of aliphatic carboxylic acids is 1. The quantitative estimate of drug-likeness (QED) is 0.809. The molecule has 0 bridgehead atoms. The molecule has 0 spiro atoms. The normalized spacial score (nSPS) is 23.7. The molecule has 16 heavy (non-hydrogen) atoms. The number of hydrogen-bond acceptors (Lipinski definition) is 3. The van der Waals surface area contributed by atoms with Crippen LogP contribution in [0.25, 0.3) is 0 Å². The monoisotopic (exact) mass is 221 g/mol. The third-order valence-corrected chi connectivity index (χ3v) is 3.18. The summed E-state index contributed by atoms with van der Waals surface area (Å²) in [5.41, 5.74) is -0.00111. The van der Waals surface area contributed by atoms with E-state index < -0.39 is 11.5 Å². The third-order valence-electron chi connectivity index (χ3n) is 3.18. The van der Waals surface area contributed by atoms with Crippen molar-refractivity contribution in [1.82, 2.24) is 4.90 Å². The Morgan fingerprint density at radius 2 is 2.12 bits per heavy atom. The van der Waals surface area contributed by atoms with Crippen LogP contribution in [0.2, 0.25) is 0 Å². The highest BCUT2D eigenvalue weighted by Gasteiger charge is 2.45. The van der Waals surface area contributed by atoms with Crippen LogP contribution in [-0.4, -0.2) is 42.2 Å². The van der Waals surface area contributed by atoms with Gasteiger partial charge < -0.3 is 9.84 Å². The van der Waals surface area contributed by atoms with E-state index in [1.807, 2.05) is 24.3 Å². The zero-order valence-corrected chi connectivity index (χ0v) is 9.43. The van der Waals surface area contributed by atoms with Gasteiger partial charge in [-0.25, -0.2) is 0 Å². The maximum atomic E-state index is 11.4. The fourth-order valence-corrected chi connectivity index (χ4v) is 1.97. The second kappa shape index (κ2) is 3.79. The highest BCUT2D eigenvalue weighted by molar-refractivity contribution is 5.80. The average molecular weight is 221 g/mol. The van der Waals surface area contributed by atoms with Crippen LogP contribution in [0.15, 0.2) is 24.3 Å². The Bertz CT molecular complexity index is 416. The van der Waals surface area contributed by atoms with Gasteiger partial charge in [0.25, 0.3) is 0 Å². The molecule has 0 saturated heterocycles. The Kier molecular flexibility index (Phi) is 2.59. The van der Waals surface area contributed by atoms with Gasteiger partial charge in [-0.05, 0) is 25.7 Å². The predicted octanol–water partition coefficient (Wildman–Crippen LogP) is 1.01. The summed E-state index contributed by atoms with van der Waals surface area (Å²) in [6.07, 6.45) is 0.478. The van der Waals surface area contributed by atoms with E-state index >= 15 is 0 Å². The number of carbonyl (C=O) groups is 1. The molecule has 1 aliphatic rings. The summed E-state index contributed by atoms with van der Waals surface area (Å²) in [5.74, 6) is -0.0479. The van der Waals surface area contributed by atoms with Crippen molar-refractivity contribution in [2.24, 2.45) is 0 Å². The summed E-state index contributed by atoms with van der Waals surface area (Å²) in [4.78, 5) is 13.1. The number of rotatable bonds is 2. The van der Waals surface area contributed by atoms with Gasteiger partial charge in [0.2, 0.25) is 0 Å². The van der Waals surface area contributed by atoms with Crippen LogP contribution in [0.5, 0.6) is 5.75 Å². The first-order valence-corrected chi connectivity index (χ1v) is 5.18. The van der Waals surface area contributed by atoms with Gasteiger partial charge in [0.15, 0.2) is 5.54 Å². The first kappa shape index (κ1) is 11.0. The first-order chi connectivity index (χ1) is 7.56. The minimum absolute atomic E-state index is 0.187. The summed E-state index contributed by atoms with van der Waals surface area (Å²) in [6.45, 7) is 0.187. The number of ether oxygens (including phenoxy) is 1. The van der Waals surface area contributed by atoms with E-state index in [2.05, 4.69) is 0 Å². The minimum atomic E-state index is -0.950. The number of carboxylic acids is 1. The molecule has 86 valence electrons. The molecule has 4 nitrogen and oxygen atoms in total. The molecule has 1 unspecified atom stereocenters. The molecule has 0 aliphatic carbocycles. The Hall–Kier alpha value is -1.55. The van der Waals surface area contributed by atoms with Gasteiger partial charge in [-0.1, -0.05) is 18.2 Å². The van der Waals surface area contributed by atoms with Gasteiger partial charge in [0.05, 0.1) is 0 Å². The molecule has 4 heteroatoms. The van der Waals surface area contributed by atoms with E-state index in [9.17, 15) is 9.90 Å². The topological polar surface area (TPSA) is 49.8 Å². The lowest BCUT2D eigenvalue weighted by molar-refractivity contribution is -0.152. The largest absolute Gasteiger partial charge is 0.491 e. The van der Waals surface area contributed by atoms with Crippen molar-refractivity contribution in [3.05, 3.63) is 29.8 Å². The van der Waals surface area contributed by atoms with Crippen LogP contribution >= 0.6 is 0 Å². The van der Waals surface area contributed by atoms with Crippen LogP contribution in [0.1, 0.15) is 5.56 Å². The third kappa shape index (κ3) is 1.55. The van der Waals surface area contributed by atoms with Crippen molar-refractivity contribution < 1.29 is 14.6 Å². The molecule has 0 saturated carbocycles. The van der Waals surface area contributed by atoms with E-state index in [1.165, 1.54) is 0 Å². The lowest BCUT2D eigenvalue weighted by atomic mass is 9.88. The fourth-order valence-electron chi connectivity index (χ4n) is 1.97. The van der Waals surface area contributed by atoms with Gasteiger partial charge in [-0.2, -0.15) is 0 Å². The van der Waals surface area contributed by atoms with Crippen molar-refractivity contribution in [2.45, 2.75) is 12.0 Å². The molecular weight excluding hydrogens is 206 g/mol. The Morgan fingerprint density at radius 3 is 2.75 bits per heavy atom. The number of fused-ring (bicyclic) bond motifs is 1. The number of para-hydroxylation sites is 1. The van der Waals surface area contributed by atoms with Crippen LogP contribution in [0.4, 0.5) is 0 Å². The summed E-state index contributed by atoms with van der Waals surface area (Å²) in [6, 6.07) is 7.57. The summed E-state index contributed by atoms with van der Waals surface area (Å²) in [7, 11) is 3.54. The van der Waals surface area contributed by atoms with Gasteiger partial charge in [-0.3, -0.25) is 9.69 Å². The van der Waals surface area contributed by atoms with Crippen molar-refractivity contribution in [3.8, 4) is 5.75 Å². The number of nitrogens with zero attached hydrogens (tertiary/aromatic N) is 1. The van der Waals surface area contributed by atoms with Gasteiger partial charge >= 0.3 is 5.97 Å². The summed E-state index contributed by atoms with van der Waals surface area (Å²) < 4.78 is 5.54. The maximum absolute atomic E-state index is 11.4. The molecule has 2 rings (SSSR count). The lowest BCUT2D eigenvalue weighted by Crippen LogP contribution is -2.58. The number of benzene rings is 1. The number of likely N-dealkylation sites (N-methyl/N-ethyl adjacent to an activating group) is 1. The second-order valence-electron chi connectivity index (χ2n) is 4.30. The highest BCUT2D eigenvalue weighted by atomic mass is 16.5. The Labute approximate surface area is 94.4 Å². The minimum Gasteiger partial charge on any atom is -0.491 e. The van der Waals surface area contributed by atoms with Crippen LogP contribution in [0, 0.1) is 0 Å². The van der Waals surface area contributed by atoms with E-state index in [4.69, 9.17) is 4.74 Å². The molecule has 1 N–H and O–H groups in total. The second-order valence-corrected chi connectivity index (χ2v) is 4.30. The molecule has 1 heterocycles. The van der Waals surface area contributed by atoms with E-state index in [0.717, 1.165) is 11.3 Å². The Balaban J connectivity index is 2.39. The molecule has 0 fully saturated rings. The SMILES string of the molecule is CN(C)C1(C(=O)O)COc2ccccc2C1. The van der Waals surface area contributed by atoms with Crippen molar-refractivity contribution in [1.29, 1.82) is 0 Å². The van der Waals surface area contributed by atoms with Gasteiger partial charge in [-0.15, -0.1) is 0 Å². The maximum Gasteiger partial charge on any atom is 0.328 e. The molecule has 1 aromatic rings. The molecule has 1 aliphatic heterocycles. The molecule has 1 aromatic carbocycles. The van der Waals surface area contributed by atoms with Crippen molar-refractivity contribution >= 4 is 5.97 Å². The van der Waals surface area contributed by atoms with Crippen molar-refractivity contribution in [3.63, 3.8) is 0 Å². The zero-order valence-electron chi connectivity index (χ0n) is 9.43. The van der Waals surface area contributed by atoms with E-state index in [1.54, 1.807) is 19.0 Å². The van der Waals surface area contributed by atoms with Crippen LogP contribution in [-0.2, 0) is 11.2 Å². The average Bonchev–Trinajstić information content (AvgIpc) is 2.27. The van der Waals surface area contributed by atoms with Gasteiger partial charge in [0, 0.05) is 6.42 Å². The van der Waals surface area contributed by atoms with Crippen molar-refractivity contribution in [2.75, 3.05) is 20.7 Å². The number of carboxylic acid groups (broad SMARTS) is 1. The summed E-state index contributed by atoms with van der Waals surface area (Å²) >= 11 is 0. The molecule has 0 radical (unpaired) electrons. The molecule has 0 amide bonds. The fraction of sp³-hybridized carbons (Fsp3) is 0.417. The smallest absolute Gasteiger partial charge is 0.328 e. The summed E-state index contributed by atoms with van der Waals surface area (Å²) in [5, 5.41) is 9.36. The van der Waals surface area contributed by atoms with Crippen LogP contribution < -0.4 is 4.74 Å². The van der Waals surface area contributed by atoms with E-state index in [0.29, 0.717) is 6.42 Å². The predicted molar refractivity (Wildman–Crippen MR) is 59.7 cm³/mol. The zero-order chi connectivity index (χ0) is 11.8. The van der Waals surface area contributed by atoms with Gasteiger partial charge in [0.1, 0.15) is 12.4 Å². The molecule has 0 aromatic heterocycles. The standard InChI is InChI=1S/C12H15NO3/c1-13(2)12(11(14)15)7-9-5-3-4-6-10(9)16-8-12/h3-6H,7-8H2,1-2H3,(H,14,15).